The fraction of sp³-hybridized carbons (Fsp3) is 0.385. The molecule has 1 aliphatic heterocycles. The third-order valence-corrected chi connectivity index (χ3v) is 3.54. The summed E-state index contributed by atoms with van der Waals surface area (Å²) in [6, 6.07) is 3.50. The first-order chi connectivity index (χ1) is 9.44. The minimum atomic E-state index is -2.58. The van der Waals surface area contributed by atoms with Crippen molar-refractivity contribution in [3.8, 4) is 0 Å². The quantitative estimate of drug-likeness (QED) is 0.781. The Kier molecular flexibility index (Phi) is 2.84. The summed E-state index contributed by atoms with van der Waals surface area (Å²) in [5.74, 6) is -2.42. The summed E-state index contributed by atoms with van der Waals surface area (Å²) in [5.41, 5.74) is 13.4. The number of piperidine rings is 1. The molecule has 1 fully saturated rings. The van der Waals surface area contributed by atoms with Crippen molar-refractivity contribution in [2.45, 2.75) is 18.8 Å². The normalized spacial score (nSPS) is 18.4. The van der Waals surface area contributed by atoms with Crippen LogP contribution < -0.4 is 16.4 Å². The Hall–Kier alpha value is -2.18. The van der Waals surface area contributed by atoms with Crippen molar-refractivity contribution in [2.24, 2.45) is 0 Å². The Balaban J connectivity index is 2.04. The molecule has 0 atom stereocenters. The van der Waals surface area contributed by atoms with E-state index < -0.39 is 5.92 Å². The summed E-state index contributed by atoms with van der Waals surface area (Å²) in [6.07, 6.45) is 1.27. The van der Waals surface area contributed by atoms with Crippen LogP contribution in [0.3, 0.4) is 0 Å². The van der Waals surface area contributed by atoms with Crippen molar-refractivity contribution < 1.29 is 8.78 Å². The molecule has 7 heteroatoms. The highest BCUT2D eigenvalue weighted by Gasteiger charge is 2.34. The number of hydrogen-bond acceptors (Lipinski definition) is 5. The molecular formula is C13H15F2N5. The van der Waals surface area contributed by atoms with Gasteiger partial charge in [-0.1, -0.05) is 0 Å². The van der Waals surface area contributed by atoms with E-state index in [2.05, 4.69) is 9.97 Å². The summed E-state index contributed by atoms with van der Waals surface area (Å²) >= 11 is 0. The van der Waals surface area contributed by atoms with Crippen LogP contribution in [0.1, 0.15) is 12.8 Å². The van der Waals surface area contributed by atoms with Crippen molar-refractivity contribution in [2.75, 3.05) is 29.5 Å². The van der Waals surface area contributed by atoms with Gasteiger partial charge in [0.1, 0.15) is 0 Å². The van der Waals surface area contributed by atoms with E-state index >= 15 is 0 Å². The van der Waals surface area contributed by atoms with Crippen LogP contribution in [0.5, 0.6) is 0 Å². The van der Waals surface area contributed by atoms with Crippen LogP contribution in [-0.2, 0) is 0 Å². The van der Waals surface area contributed by atoms with Gasteiger partial charge in [-0.25, -0.2) is 18.7 Å². The Morgan fingerprint density at radius 2 is 1.85 bits per heavy atom. The first-order valence-corrected chi connectivity index (χ1v) is 6.39. The van der Waals surface area contributed by atoms with Gasteiger partial charge in [-0.05, 0) is 12.1 Å². The predicted molar refractivity (Wildman–Crippen MR) is 74.8 cm³/mol. The summed E-state index contributed by atoms with van der Waals surface area (Å²) in [7, 11) is 0. The number of alkyl halides is 2. The summed E-state index contributed by atoms with van der Waals surface area (Å²) in [6.45, 7) is 0.547. The van der Waals surface area contributed by atoms with Gasteiger partial charge in [0.15, 0.2) is 0 Å². The smallest absolute Gasteiger partial charge is 0.251 e. The van der Waals surface area contributed by atoms with Crippen LogP contribution in [0.2, 0.25) is 0 Å². The van der Waals surface area contributed by atoms with E-state index in [1.54, 1.807) is 18.3 Å². The van der Waals surface area contributed by atoms with E-state index in [-0.39, 0.29) is 31.9 Å². The maximum Gasteiger partial charge on any atom is 0.251 e. The highest BCUT2D eigenvalue weighted by Crippen LogP contribution is 2.34. The second kappa shape index (κ2) is 4.43. The van der Waals surface area contributed by atoms with Crippen LogP contribution in [0, 0.1) is 0 Å². The monoisotopic (exact) mass is 279 g/mol. The molecule has 0 radical (unpaired) electrons. The van der Waals surface area contributed by atoms with Crippen LogP contribution in [0.25, 0.3) is 10.9 Å². The van der Waals surface area contributed by atoms with Gasteiger partial charge in [0, 0.05) is 43.2 Å². The molecule has 0 bridgehead atoms. The SMILES string of the molecule is Nc1cc(N2CCC(F)(F)CC2)c2nc(N)ncc2c1. The van der Waals surface area contributed by atoms with Crippen molar-refractivity contribution in [1.82, 2.24) is 9.97 Å². The molecule has 5 nitrogen and oxygen atoms in total. The lowest BCUT2D eigenvalue weighted by Crippen LogP contribution is -2.39. The van der Waals surface area contributed by atoms with Crippen molar-refractivity contribution in [1.29, 1.82) is 0 Å². The van der Waals surface area contributed by atoms with Crippen molar-refractivity contribution in [3.05, 3.63) is 18.3 Å². The Morgan fingerprint density at radius 1 is 1.15 bits per heavy atom. The highest BCUT2D eigenvalue weighted by molar-refractivity contribution is 5.94. The number of benzene rings is 1. The second-order valence-corrected chi connectivity index (χ2v) is 5.05. The van der Waals surface area contributed by atoms with E-state index in [9.17, 15) is 8.78 Å². The van der Waals surface area contributed by atoms with Gasteiger partial charge < -0.3 is 16.4 Å². The van der Waals surface area contributed by atoms with E-state index in [1.807, 2.05) is 4.90 Å². The van der Waals surface area contributed by atoms with Crippen LogP contribution in [0.15, 0.2) is 18.3 Å². The molecule has 3 rings (SSSR count). The van der Waals surface area contributed by atoms with E-state index in [0.29, 0.717) is 11.2 Å². The molecule has 1 aliphatic rings. The summed E-state index contributed by atoms with van der Waals surface area (Å²) in [5, 5.41) is 0.756. The molecule has 0 unspecified atom stereocenters. The Labute approximate surface area is 114 Å². The number of nitrogens with zero attached hydrogens (tertiary/aromatic N) is 3. The highest BCUT2D eigenvalue weighted by atomic mass is 19.3. The van der Waals surface area contributed by atoms with E-state index in [1.165, 1.54) is 0 Å². The first-order valence-electron chi connectivity index (χ1n) is 6.39. The maximum atomic E-state index is 13.3. The first kappa shape index (κ1) is 12.8. The topological polar surface area (TPSA) is 81.1 Å². The Bertz CT molecular complexity index is 648. The zero-order chi connectivity index (χ0) is 14.3. The third-order valence-electron chi connectivity index (χ3n) is 3.54. The van der Waals surface area contributed by atoms with Crippen molar-refractivity contribution >= 4 is 28.2 Å². The largest absolute Gasteiger partial charge is 0.399 e. The molecule has 2 aromatic rings. The lowest BCUT2D eigenvalue weighted by molar-refractivity contribution is -0.0220. The molecular weight excluding hydrogens is 264 g/mol. The summed E-state index contributed by atoms with van der Waals surface area (Å²) in [4.78, 5) is 10.0. The minimum absolute atomic E-state index is 0.158. The van der Waals surface area contributed by atoms with Crippen LogP contribution in [0.4, 0.5) is 26.1 Å². The molecule has 0 saturated carbocycles. The second-order valence-electron chi connectivity index (χ2n) is 5.05. The average molecular weight is 279 g/mol. The maximum absolute atomic E-state index is 13.3. The predicted octanol–water partition coefficient (Wildman–Crippen LogP) is 2.03. The molecule has 0 spiro atoms. The molecule has 4 N–H and O–H groups in total. The minimum Gasteiger partial charge on any atom is -0.399 e. The van der Waals surface area contributed by atoms with Gasteiger partial charge in [0.2, 0.25) is 5.95 Å². The fourth-order valence-corrected chi connectivity index (χ4v) is 2.48. The molecule has 1 aromatic heterocycles. The lowest BCUT2D eigenvalue weighted by Gasteiger charge is -2.33. The standard InChI is InChI=1S/C13H15F2N5/c14-13(15)1-3-20(4-2-13)10-6-9(16)5-8-7-18-12(17)19-11(8)10/h5-7H,1-4,16H2,(H2,17,18,19). The van der Waals surface area contributed by atoms with Crippen LogP contribution in [-0.4, -0.2) is 29.0 Å². The number of halogens is 2. The van der Waals surface area contributed by atoms with E-state index in [0.717, 1.165) is 11.1 Å². The van der Waals surface area contributed by atoms with Gasteiger partial charge in [0.25, 0.3) is 5.92 Å². The average Bonchev–Trinajstić information content (AvgIpc) is 2.39. The number of hydrogen-bond donors (Lipinski definition) is 2. The van der Waals surface area contributed by atoms with Gasteiger partial charge in [-0.2, -0.15) is 0 Å². The van der Waals surface area contributed by atoms with Crippen LogP contribution >= 0.6 is 0 Å². The fourth-order valence-electron chi connectivity index (χ4n) is 2.48. The lowest BCUT2D eigenvalue weighted by atomic mass is 10.0. The third kappa shape index (κ3) is 2.31. The number of aromatic nitrogens is 2. The van der Waals surface area contributed by atoms with E-state index in [4.69, 9.17) is 11.5 Å². The molecule has 1 saturated heterocycles. The number of nitrogens with two attached hydrogens (primary N) is 2. The number of rotatable bonds is 1. The molecule has 2 heterocycles. The molecule has 0 amide bonds. The number of fused-ring (bicyclic) bond motifs is 1. The van der Waals surface area contributed by atoms with Crippen molar-refractivity contribution in [3.63, 3.8) is 0 Å². The van der Waals surface area contributed by atoms with Gasteiger partial charge in [-0.3, -0.25) is 0 Å². The zero-order valence-corrected chi connectivity index (χ0v) is 10.8. The number of nitrogen functional groups attached to an aromatic ring is 2. The molecule has 1 aromatic carbocycles. The van der Waals surface area contributed by atoms with Gasteiger partial charge in [0.05, 0.1) is 11.2 Å². The molecule has 106 valence electrons. The Morgan fingerprint density at radius 3 is 2.55 bits per heavy atom. The van der Waals surface area contributed by atoms with Gasteiger partial charge in [-0.15, -0.1) is 0 Å². The summed E-state index contributed by atoms with van der Waals surface area (Å²) < 4.78 is 26.5. The number of anilines is 3. The molecule has 20 heavy (non-hydrogen) atoms. The molecule has 0 aliphatic carbocycles. The van der Waals surface area contributed by atoms with Gasteiger partial charge >= 0.3 is 0 Å². The zero-order valence-electron chi connectivity index (χ0n) is 10.8.